The molecule has 3 aliphatic carbocycles. The molecule has 0 atom stereocenters. The zero-order chi connectivity index (χ0) is 10.1. The quantitative estimate of drug-likeness (QED) is 0.623. The van der Waals surface area contributed by atoms with Crippen molar-refractivity contribution in [3.8, 4) is 0 Å². The molecular formula is C15H14. The van der Waals surface area contributed by atoms with Crippen molar-refractivity contribution < 1.29 is 0 Å². The van der Waals surface area contributed by atoms with Crippen LogP contribution in [0.15, 0.2) is 70.9 Å². The summed E-state index contributed by atoms with van der Waals surface area (Å²) in [5, 5.41) is 0. The van der Waals surface area contributed by atoms with E-state index >= 15 is 0 Å². The van der Waals surface area contributed by atoms with Crippen LogP contribution < -0.4 is 0 Å². The van der Waals surface area contributed by atoms with Crippen LogP contribution in [0.4, 0.5) is 0 Å². The van der Waals surface area contributed by atoms with Gasteiger partial charge in [-0.1, -0.05) is 48.6 Å². The SMILES string of the molecule is C1=CC(C2=CC=C(C3=CCC=C3)C2)=CC1. The van der Waals surface area contributed by atoms with Crippen molar-refractivity contribution in [3.63, 3.8) is 0 Å². The van der Waals surface area contributed by atoms with E-state index in [0.717, 1.165) is 19.3 Å². The lowest BCUT2D eigenvalue weighted by atomic mass is 10.00. The Bertz CT molecular complexity index is 418. The van der Waals surface area contributed by atoms with E-state index in [4.69, 9.17) is 0 Å². The van der Waals surface area contributed by atoms with Gasteiger partial charge in [0, 0.05) is 0 Å². The molecular weight excluding hydrogens is 180 g/mol. The average Bonchev–Trinajstić information content (AvgIpc) is 3.02. The fourth-order valence-electron chi connectivity index (χ4n) is 2.31. The highest BCUT2D eigenvalue weighted by Gasteiger charge is 2.14. The van der Waals surface area contributed by atoms with E-state index in [1.54, 1.807) is 0 Å². The highest BCUT2D eigenvalue weighted by molar-refractivity contribution is 5.57. The molecule has 3 rings (SSSR count). The molecule has 0 N–H and O–H groups in total. The maximum atomic E-state index is 2.31. The summed E-state index contributed by atoms with van der Waals surface area (Å²) in [4.78, 5) is 0. The molecule has 74 valence electrons. The molecule has 0 radical (unpaired) electrons. The Morgan fingerprint density at radius 2 is 1.27 bits per heavy atom. The van der Waals surface area contributed by atoms with Gasteiger partial charge >= 0.3 is 0 Å². The van der Waals surface area contributed by atoms with Gasteiger partial charge in [0.15, 0.2) is 0 Å². The predicted molar refractivity (Wildman–Crippen MR) is 64.5 cm³/mol. The predicted octanol–water partition coefficient (Wildman–Crippen LogP) is 4.02. The summed E-state index contributed by atoms with van der Waals surface area (Å²) in [5.41, 5.74) is 5.78. The highest BCUT2D eigenvalue weighted by atomic mass is 14.2. The first-order valence-corrected chi connectivity index (χ1v) is 5.57. The van der Waals surface area contributed by atoms with Crippen LogP contribution in [0.5, 0.6) is 0 Å². The Morgan fingerprint density at radius 1 is 0.733 bits per heavy atom. The smallest absolute Gasteiger partial charge is 0.00141 e. The van der Waals surface area contributed by atoms with E-state index in [9.17, 15) is 0 Å². The molecule has 0 amide bonds. The molecule has 0 saturated heterocycles. The van der Waals surface area contributed by atoms with Crippen molar-refractivity contribution in [3.05, 3.63) is 70.9 Å². The van der Waals surface area contributed by atoms with Crippen LogP contribution in [0.3, 0.4) is 0 Å². The number of hydrogen-bond acceptors (Lipinski definition) is 0. The number of hydrogen-bond donors (Lipinski definition) is 0. The lowest BCUT2D eigenvalue weighted by molar-refractivity contribution is 1.20. The van der Waals surface area contributed by atoms with E-state index in [0.29, 0.717) is 0 Å². The van der Waals surface area contributed by atoms with Crippen LogP contribution in [0.1, 0.15) is 19.3 Å². The first-order chi connectivity index (χ1) is 7.43. The minimum Gasteiger partial charge on any atom is -0.0801 e. The molecule has 3 aliphatic rings. The van der Waals surface area contributed by atoms with Crippen molar-refractivity contribution in [2.45, 2.75) is 19.3 Å². The van der Waals surface area contributed by atoms with Crippen molar-refractivity contribution in [1.82, 2.24) is 0 Å². The average molecular weight is 194 g/mol. The third kappa shape index (κ3) is 1.56. The fourth-order valence-corrected chi connectivity index (χ4v) is 2.31. The molecule has 0 aromatic heterocycles. The molecule has 0 spiro atoms. The summed E-state index contributed by atoms with van der Waals surface area (Å²) < 4.78 is 0. The summed E-state index contributed by atoms with van der Waals surface area (Å²) >= 11 is 0. The zero-order valence-electron chi connectivity index (χ0n) is 8.74. The van der Waals surface area contributed by atoms with Crippen molar-refractivity contribution in [2.75, 3.05) is 0 Å². The summed E-state index contributed by atoms with van der Waals surface area (Å²) in [7, 11) is 0. The second kappa shape index (κ2) is 3.54. The molecule has 0 fully saturated rings. The third-order valence-electron chi connectivity index (χ3n) is 3.15. The van der Waals surface area contributed by atoms with Gasteiger partial charge < -0.3 is 0 Å². The van der Waals surface area contributed by atoms with Gasteiger partial charge in [0.25, 0.3) is 0 Å². The molecule has 0 heteroatoms. The zero-order valence-corrected chi connectivity index (χ0v) is 8.74. The molecule has 0 bridgehead atoms. The topological polar surface area (TPSA) is 0 Å². The second-order valence-electron chi connectivity index (χ2n) is 4.16. The Balaban J connectivity index is 1.75. The van der Waals surface area contributed by atoms with Gasteiger partial charge in [-0.05, 0) is 41.6 Å². The lowest BCUT2D eigenvalue weighted by Gasteiger charge is -2.04. The normalized spacial score (nSPS) is 22.9. The van der Waals surface area contributed by atoms with Crippen LogP contribution in [-0.2, 0) is 0 Å². The molecule has 15 heavy (non-hydrogen) atoms. The van der Waals surface area contributed by atoms with Crippen molar-refractivity contribution in [1.29, 1.82) is 0 Å². The Labute approximate surface area is 90.7 Å². The van der Waals surface area contributed by atoms with Gasteiger partial charge in [0.2, 0.25) is 0 Å². The van der Waals surface area contributed by atoms with E-state index in [1.165, 1.54) is 22.3 Å². The molecule has 0 aliphatic heterocycles. The minimum atomic E-state index is 1.10. The summed E-state index contributed by atoms with van der Waals surface area (Å²) in [6, 6.07) is 0. The van der Waals surface area contributed by atoms with Crippen LogP contribution in [0.25, 0.3) is 0 Å². The summed E-state index contributed by atoms with van der Waals surface area (Å²) in [6.45, 7) is 0. The highest BCUT2D eigenvalue weighted by Crippen LogP contribution is 2.33. The first-order valence-electron chi connectivity index (χ1n) is 5.57. The standard InChI is InChI=1S/C15H14/c1-2-6-12(5-1)14-9-10-15(11-14)13-7-3-4-8-13/h1,3,5-10H,2,4,11H2. The largest absolute Gasteiger partial charge is 0.0801 e. The molecule has 0 aromatic carbocycles. The Morgan fingerprint density at radius 3 is 1.67 bits per heavy atom. The van der Waals surface area contributed by atoms with Gasteiger partial charge in [-0.15, -0.1) is 0 Å². The van der Waals surface area contributed by atoms with Crippen molar-refractivity contribution >= 4 is 0 Å². The molecule has 0 saturated carbocycles. The van der Waals surface area contributed by atoms with E-state index in [2.05, 4.69) is 48.6 Å². The van der Waals surface area contributed by atoms with Crippen LogP contribution in [0.2, 0.25) is 0 Å². The number of allylic oxidation sites excluding steroid dienone is 12. The van der Waals surface area contributed by atoms with E-state index in [-0.39, 0.29) is 0 Å². The van der Waals surface area contributed by atoms with Crippen molar-refractivity contribution in [2.24, 2.45) is 0 Å². The molecule has 0 nitrogen and oxygen atoms in total. The van der Waals surface area contributed by atoms with Crippen LogP contribution in [-0.4, -0.2) is 0 Å². The fraction of sp³-hybridized carbons (Fsp3) is 0.200. The van der Waals surface area contributed by atoms with Gasteiger partial charge in [-0.3, -0.25) is 0 Å². The Kier molecular flexibility index (Phi) is 2.06. The first kappa shape index (κ1) is 8.72. The molecule has 0 heterocycles. The minimum absolute atomic E-state index is 1.10. The third-order valence-corrected chi connectivity index (χ3v) is 3.15. The van der Waals surface area contributed by atoms with E-state index in [1.807, 2.05) is 0 Å². The number of rotatable bonds is 2. The molecule has 0 unspecified atom stereocenters. The van der Waals surface area contributed by atoms with Crippen LogP contribution in [0, 0.1) is 0 Å². The second-order valence-corrected chi connectivity index (χ2v) is 4.16. The van der Waals surface area contributed by atoms with E-state index < -0.39 is 0 Å². The summed E-state index contributed by atoms with van der Waals surface area (Å²) in [5.74, 6) is 0. The molecule has 0 aromatic rings. The van der Waals surface area contributed by atoms with Crippen LogP contribution >= 0.6 is 0 Å². The summed E-state index contributed by atoms with van der Waals surface area (Å²) in [6.07, 6.45) is 21.4. The monoisotopic (exact) mass is 194 g/mol. The van der Waals surface area contributed by atoms with Gasteiger partial charge in [0.1, 0.15) is 0 Å². The Hall–Kier alpha value is -1.56. The van der Waals surface area contributed by atoms with Gasteiger partial charge in [-0.2, -0.15) is 0 Å². The van der Waals surface area contributed by atoms with Gasteiger partial charge in [-0.25, -0.2) is 0 Å². The lowest BCUT2D eigenvalue weighted by Crippen LogP contribution is -1.86. The maximum Gasteiger partial charge on any atom is -0.00141 e. The van der Waals surface area contributed by atoms with Gasteiger partial charge in [0.05, 0.1) is 0 Å². The maximum absolute atomic E-state index is 2.31.